The average Bonchev–Trinajstić information content (AvgIpc) is 1.87. The van der Waals surface area contributed by atoms with Gasteiger partial charge in [0.25, 0.3) is 0 Å². The third kappa shape index (κ3) is 5.99. The van der Waals surface area contributed by atoms with E-state index < -0.39 is 0 Å². The van der Waals surface area contributed by atoms with Crippen LogP contribution in [0.3, 0.4) is 0 Å². The van der Waals surface area contributed by atoms with Crippen molar-refractivity contribution in [1.29, 1.82) is 0 Å². The third-order valence-electron chi connectivity index (χ3n) is 0.890. The van der Waals surface area contributed by atoms with E-state index in [1.54, 1.807) is 0 Å². The van der Waals surface area contributed by atoms with Crippen LogP contribution in [0.1, 0.15) is 10.6 Å². The summed E-state index contributed by atoms with van der Waals surface area (Å²) < 4.78 is 0. The van der Waals surface area contributed by atoms with E-state index in [0.29, 0.717) is 0 Å². The molecule has 0 aliphatic carbocycles. The molecule has 1 unspecified atom stereocenters. The fourth-order valence-electron chi connectivity index (χ4n) is 0.584. The molecule has 1 aromatic rings. The fourth-order valence-corrected chi connectivity index (χ4v) is 1.46. The Bertz CT molecular complexity index is 148. The summed E-state index contributed by atoms with van der Waals surface area (Å²) in [5, 5.41) is 2.84. The van der Waals surface area contributed by atoms with Crippen molar-refractivity contribution in [2.24, 2.45) is 0 Å². The van der Waals surface area contributed by atoms with E-state index in [0.717, 1.165) is 8.19 Å². The Morgan fingerprint density at radius 3 is 1.90 bits per heavy atom. The predicted molar refractivity (Wildman–Crippen MR) is 34.3 cm³/mol. The molecule has 0 aliphatic heterocycles. The van der Waals surface area contributed by atoms with Crippen LogP contribution in [0.25, 0.3) is 0 Å². The maximum atomic E-state index is 3.14. The quantitative estimate of drug-likeness (QED) is 0.425. The number of hydrogen-bond donors (Lipinski definition) is 0. The molecule has 4 heteroatoms. The molecule has 0 nitrogen and oxygen atoms in total. The normalized spacial score (nSPS) is 7.40. The van der Waals surface area contributed by atoms with Gasteiger partial charge < -0.3 is 24.8 Å². The average molecular weight is 273 g/mol. The maximum Gasteiger partial charge on any atom is 3.00 e. The van der Waals surface area contributed by atoms with Gasteiger partial charge in [0.2, 0.25) is 0 Å². The Kier molecular flexibility index (Phi) is 14.5. The van der Waals surface area contributed by atoms with Gasteiger partial charge in [0, 0.05) is 0 Å². The van der Waals surface area contributed by atoms with Crippen LogP contribution < -0.4 is 24.8 Å². The predicted octanol–water partition coefficient (Wildman–Crippen LogP) is -3.86. The van der Waals surface area contributed by atoms with Crippen molar-refractivity contribution in [3.05, 3.63) is 22.7 Å². The molecule has 1 heterocycles. The van der Waals surface area contributed by atoms with E-state index in [-0.39, 0.29) is 51.0 Å². The van der Waals surface area contributed by atoms with Crippen molar-refractivity contribution in [3.8, 4) is 0 Å². The van der Waals surface area contributed by atoms with Crippen LogP contribution in [-0.2, 0) is 26.2 Å². The summed E-state index contributed by atoms with van der Waals surface area (Å²) in [5.41, 5.74) is 0. The van der Waals surface area contributed by atoms with Crippen LogP contribution in [0.4, 0.5) is 0 Å². The van der Waals surface area contributed by atoms with Crippen LogP contribution in [-0.4, -0.2) is 0 Å². The molecular weight excluding hydrogens is 265 g/mol. The summed E-state index contributed by atoms with van der Waals surface area (Å²) in [7, 11) is 0.923. The molecule has 10 heavy (non-hydrogen) atoms. The second-order valence-electron chi connectivity index (χ2n) is 1.72. The van der Waals surface area contributed by atoms with E-state index in [9.17, 15) is 0 Å². The molecule has 0 fully saturated rings. The molecule has 0 bridgehead atoms. The number of aryl methyl sites for hydroxylation is 2. The molecule has 1 aromatic heterocycles. The first-order chi connectivity index (χ1) is 3.29. The van der Waals surface area contributed by atoms with E-state index in [1.807, 2.05) is 0 Å². The van der Waals surface area contributed by atoms with Crippen molar-refractivity contribution in [2.75, 3.05) is 0 Å². The first-order valence-electron chi connectivity index (χ1n) is 2.33. The SMILES string of the molecule is Cc1[c-]cc(C)[pH]1.[Cl-].[Cl-].[Zr+3]. The molecule has 1 radical (unpaired) electrons. The molecule has 0 aliphatic rings. The van der Waals surface area contributed by atoms with Gasteiger partial charge in [-0.3, -0.25) is 0 Å². The second kappa shape index (κ2) is 8.34. The molecule has 0 saturated heterocycles. The Hall–Kier alpha value is 1.24. The Morgan fingerprint density at radius 1 is 1.30 bits per heavy atom. The molecule has 55 valence electrons. The maximum absolute atomic E-state index is 3.14. The van der Waals surface area contributed by atoms with Crippen molar-refractivity contribution in [3.63, 3.8) is 0 Å². The number of rotatable bonds is 0. The first-order valence-corrected chi connectivity index (χ1v) is 3.33. The zero-order chi connectivity index (χ0) is 5.28. The molecule has 0 N–H and O–H groups in total. The molecule has 0 amide bonds. The number of hydrogen-bond acceptors (Lipinski definition) is 0. The van der Waals surface area contributed by atoms with Gasteiger partial charge in [0.05, 0.1) is 0 Å². The summed E-state index contributed by atoms with van der Waals surface area (Å²) in [4.78, 5) is 0. The molecular formula is C6H8Cl2PZr. The zero-order valence-corrected chi connectivity index (χ0v) is 10.8. The molecule has 0 spiro atoms. The summed E-state index contributed by atoms with van der Waals surface area (Å²) >= 11 is 0. The minimum Gasteiger partial charge on any atom is -1.00 e. The van der Waals surface area contributed by atoms with Gasteiger partial charge >= 0.3 is 26.2 Å². The minimum absolute atomic E-state index is 0. The van der Waals surface area contributed by atoms with Crippen LogP contribution in [0.15, 0.2) is 6.07 Å². The summed E-state index contributed by atoms with van der Waals surface area (Å²) in [6.45, 7) is 4.26. The monoisotopic (exact) mass is 271 g/mol. The van der Waals surface area contributed by atoms with Gasteiger partial charge in [-0.1, -0.05) is 6.92 Å². The largest absolute Gasteiger partial charge is 3.00 e. The standard InChI is InChI=1S/C6H8P.2ClH.Zr/c1-5-3-4-6(2)7-5;;;/h3,7H,1-2H3;2*1H;/q-1;;;+3/p-2. The summed E-state index contributed by atoms with van der Waals surface area (Å²) in [6, 6.07) is 5.20. The van der Waals surface area contributed by atoms with Crippen molar-refractivity contribution in [2.45, 2.75) is 13.8 Å². The van der Waals surface area contributed by atoms with Crippen LogP contribution in [0.2, 0.25) is 0 Å². The Labute approximate surface area is 95.2 Å². The van der Waals surface area contributed by atoms with Crippen molar-refractivity contribution in [1.82, 2.24) is 0 Å². The Balaban J connectivity index is -0.000000163. The smallest absolute Gasteiger partial charge is 1.00 e. The van der Waals surface area contributed by atoms with Crippen LogP contribution in [0.5, 0.6) is 0 Å². The van der Waals surface area contributed by atoms with Crippen molar-refractivity contribution >= 4 is 8.19 Å². The summed E-state index contributed by atoms with van der Waals surface area (Å²) in [5.74, 6) is 0. The minimum atomic E-state index is 0. The van der Waals surface area contributed by atoms with Gasteiger partial charge in [-0.15, -0.1) is 12.2 Å². The van der Waals surface area contributed by atoms with Gasteiger partial charge in [0.15, 0.2) is 0 Å². The zero-order valence-electron chi connectivity index (χ0n) is 5.83. The molecule has 0 aromatic carbocycles. The van der Waals surface area contributed by atoms with Gasteiger partial charge in [-0.2, -0.15) is 5.30 Å². The van der Waals surface area contributed by atoms with Crippen LogP contribution >= 0.6 is 8.19 Å². The molecule has 0 saturated carbocycles. The number of halogens is 2. The topological polar surface area (TPSA) is 0 Å². The first kappa shape index (κ1) is 17.4. The second-order valence-corrected chi connectivity index (χ2v) is 3.51. The van der Waals surface area contributed by atoms with Gasteiger partial charge in [-0.25, -0.2) is 20.3 Å². The molecule has 1 atom stereocenters. The van der Waals surface area contributed by atoms with E-state index >= 15 is 0 Å². The van der Waals surface area contributed by atoms with Crippen molar-refractivity contribution < 1.29 is 51.0 Å². The van der Waals surface area contributed by atoms with Gasteiger partial charge in [0.1, 0.15) is 0 Å². The molecule has 1 rings (SSSR count). The third-order valence-corrected chi connectivity index (χ3v) is 1.95. The van der Waals surface area contributed by atoms with Gasteiger partial charge in [-0.05, 0) is 0 Å². The van der Waals surface area contributed by atoms with Crippen LogP contribution in [0, 0.1) is 19.9 Å². The van der Waals surface area contributed by atoms with E-state index in [4.69, 9.17) is 0 Å². The fraction of sp³-hybridized carbons (Fsp3) is 0.333. The Morgan fingerprint density at radius 2 is 1.80 bits per heavy atom. The van der Waals surface area contributed by atoms with E-state index in [1.165, 1.54) is 10.6 Å². The summed E-state index contributed by atoms with van der Waals surface area (Å²) in [6.07, 6.45) is 0. The van der Waals surface area contributed by atoms with E-state index in [2.05, 4.69) is 26.0 Å².